The Balaban J connectivity index is 1.66. The second-order valence-electron chi connectivity index (χ2n) is 6.14. The van der Waals surface area contributed by atoms with E-state index in [-0.39, 0.29) is 0 Å². The zero-order valence-corrected chi connectivity index (χ0v) is 12.7. The van der Waals surface area contributed by atoms with Crippen molar-refractivity contribution in [3.05, 3.63) is 0 Å². The first kappa shape index (κ1) is 15.2. The SMILES string of the molecule is CCCNCC1CCC(CN2C[C@@H](C)O[C@@H](C)C2)O1. The summed E-state index contributed by atoms with van der Waals surface area (Å²) >= 11 is 0. The molecule has 4 heteroatoms. The second-order valence-corrected chi connectivity index (χ2v) is 6.14. The topological polar surface area (TPSA) is 33.7 Å². The van der Waals surface area contributed by atoms with Crippen LogP contribution in [0.25, 0.3) is 0 Å². The van der Waals surface area contributed by atoms with Gasteiger partial charge in [0.2, 0.25) is 0 Å². The van der Waals surface area contributed by atoms with Gasteiger partial charge in [-0.2, -0.15) is 0 Å². The van der Waals surface area contributed by atoms with Gasteiger partial charge < -0.3 is 14.8 Å². The van der Waals surface area contributed by atoms with E-state index >= 15 is 0 Å². The van der Waals surface area contributed by atoms with Crippen molar-refractivity contribution < 1.29 is 9.47 Å². The lowest BCUT2D eigenvalue weighted by molar-refractivity contribution is -0.0811. The van der Waals surface area contributed by atoms with Crippen molar-refractivity contribution in [1.82, 2.24) is 10.2 Å². The molecule has 2 fully saturated rings. The van der Waals surface area contributed by atoms with Crippen LogP contribution < -0.4 is 5.32 Å². The maximum absolute atomic E-state index is 6.14. The van der Waals surface area contributed by atoms with Crippen LogP contribution in [0.1, 0.15) is 40.0 Å². The van der Waals surface area contributed by atoms with Crippen LogP contribution in [-0.2, 0) is 9.47 Å². The molecule has 0 aromatic rings. The monoisotopic (exact) mass is 270 g/mol. The molecule has 0 radical (unpaired) electrons. The Labute approximate surface area is 117 Å². The van der Waals surface area contributed by atoms with Gasteiger partial charge in [0.15, 0.2) is 0 Å². The highest BCUT2D eigenvalue weighted by Gasteiger charge is 2.29. The summed E-state index contributed by atoms with van der Waals surface area (Å²) in [6, 6.07) is 0. The molecule has 0 saturated carbocycles. The molecular formula is C15H30N2O2. The normalized spacial score (nSPS) is 36.8. The molecule has 0 aromatic heterocycles. The van der Waals surface area contributed by atoms with Gasteiger partial charge in [0.1, 0.15) is 0 Å². The third-order valence-electron chi connectivity index (χ3n) is 3.95. The van der Waals surface area contributed by atoms with Gasteiger partial charge in [-0.3, -0.25) is 4.90 Å². The highest BCUT2D eigenvalue weighted by molar-refractivity contribution is 4.81. The zero-order valence-electron chi connectivity index (χ0n) is 12.7. The lowest BCUT2D eigenvalue weighted by Crippen LogP contribution is -2.48. The van der Waals surface area contributed by atoms with Gasteiger partial charge in [-0.1, -0.05) is 6.92 Å². The van der Waals surface area contributed by atoms with Gasteiger partial charge in [0.25, 0.3) is 0 Å². The molecule has 0 aliphatic carbocycles. The van der Waals surface area contributed by atoms with Gasteiger partial charge in [0, 0.05) is 26.2 Å². The molecule has 19 heavy (non-hydrogen) atoms. The fourth-order valence-corrected chi connectivity index (χ4v) is 3.23. The quantitative estimate of drug-likeness (QED) is 0.744. The molecule has 0 bridgehead atoms. The molecule has 0 amide bonds. The summed E-state index contributed by atoms with van der Waals surface area (Å²) in [5, 5.41) is 3.46. The summed E-state index contributed by atoms with van der Waals surface area (Å²) in [6.07, 6.45) is 5.16. The predicted octanol–water partition coefficient (Wildman–Crippen LogP) is 1.64. The average Bonchev–Trinajstić information content (AvgIpc) is 2.76. The third-order valence-corrected chi connectivity index (χ3v) is 3.95. The van der Waals surface area contributed by atoms with E-state index in [1.54, 1.807) is 0 Å². The fraction of sp³-hybridized carbons (Fsp3) is 1.00. The first-order valence-corrected chi connectivity index (χ1v) is 7.91. The number of nitrogens with zero attached hydrogens (tertiary/aromatic N) is 1. The average molecular weight is 270 g/mol. The van der Waals surface area contributed by atoms with Crippen molar-refractivity contribution in [2.75, 3.05) is 32.7 Å². The van der Waals surface area contributed by atoms with Crippen LogP contribution in [0.2, 0.25) is 0 Å². The Hall–Kier alpha value is -0.160. The molecule has 2 unspecified atom stereocenters. The Morgan fingerprint density at radius 2 is 1.74 bits per heavy atom. The molecule has 2 heterocycles. The molecule has 112 valence electrons. The number of nitrogens with one attached hydrogen (secondary N) is 1. The van der Waals surface area contributed by atoms with E-state index in [1.165, 1.54) is 19.3 Å². The number of hydrogen-bond acceptors (Lipinski definition) is 4. The number of ether oxygens (including phenoxy) is 2. The van der Waals surface area contributed by atoms with Crippen molar-refractivity contribution in [1.29, 1.82) is 0 Å². The van der Waals surface area contributed by atoms with Crippen LogP contribution in [0.5, 0.6) is 0 Å². The second kappa shape index (κ2) is 7.58. The van der Waals surface area contributed by atoms with Crippen molar-refractivity contribution in [3.8, 4) is 0 Å². The Morgan fingerprint density at radius 1 is 1.05 bits per heavy atom. The summed E-state index contributed by atoms with van der Waals surface area (Å²) < 4.78 is 11.9. The Morgan fingerprint density at radius 3 is 2.42 bits per heavy atom. The molecule has 4 atom stereocenters. The third kappa shape index (κ3) is 5.03. The largest absolute Gasteiger partial charge is 0.373 e. The van der Waals surface area contributed by atoms with Gasteiger partial charge in [-0.15, -0.1) is 0 Å². The van der Waals surface area contributed by atoms with Gasteiger partial charge in [-0.05, 0) is 39.7 Å². The standard InChI is InChI=1S/C15H30N2O2/c1-4-7-16-8-14-5-6-15(19-14)11-17-9-12(2)18-13(3)10-17/h12-16H,4-11H2,1-3H3/t12-,13+,14?,15?. The van der Waals surface area contributed by atoms with E-state index in [0.29, 0.717) is 24.4 Å². The lowest BCUT2D eigenvalue weighted by Gasteiger charge is -2.36. The molecule has 1 N–H and O–H groups in total. The molecule has 2 aliphatic heterocycles. The van der Waals surface area contributed by atoms with Gasteiger partial charge >= 0.3 is 0 Å². The molecular weight excluding hydrogens is 240 g/mol. The van der Waals surface area contributed by atoms with Crippen LogP contribution in [0.3, 0.4) is 0 Å². The summed E-state index contributed by atoms with van der Waals surface area (Å²) in [7, 11) is 0. The molecule has 2 saturated heterocycles. The Kier molecular flexibility index (Phi) is 6.07. The first-order chi connectivity index (χ1) is 9.17. The van der Waals surface area contributed by atoms with Crippen molar-refractivity contribution in [2.24, 2.45) is 0 Å². The lowest BCUT2D eigenvalue weighted by atomic mass is 10.1. The molecule has 2 rings (SSSR count). The van der Waals surface area contributed by atoms with Crippen LogP contribution in [0.4, 0.5) is 0 Å². The van der Waals surface area contributed by atoms with E-state index in [1.807, 2.05) is 0 Å². The summed E-state index contributed by atoms with van der Waals surface area (Å²) in [5.74, 6) is 0. The molecule has 0 spiro atoms. The minimum atomic E-state index is 0.354. The summed E-state index contributed by atoms with van der Waals surface area (Å²) in [4.78, 5) is 2.51. The van der Waals surface area contributed by atoms with Crippen LogP contribution in [0.15, 0.2) is 0 Å². The first-order valence-electron chi connectivity index (χ1n) is 7.91. The van der Waals surface area contributed by atoms with E-state index in [2.05, 4.69) is 31.0 Å². The van der Waals surface area contributed by atoms with Crippen molar-refractivity contribution >= 4 is 0 Å². The summed E-state index contributed by atoms with van der Waals surface area (Å²) in [6.45, 7) is 11.8. The minimum absolute atomic E-state index is 0.354. The van der Waals surface area contributed by atoms with Crippen molar-refractivity contribution in [3.63, 3.8) is 0 Å². The number of morpholine rings is 1. The van der Waals surface area contributed by atoms with Gasteiger partial charge in [-0.25, -0.2) is 0 Å². The predicted molar refractivity (Wildman–Crippen MR) is 77.5 cm³/mol. The molecule has 4 nitrogen and oxygen atoms in total. The number of rotatable bonds is 6. The van der Waals surface area contributed by atoms with Gasteiger partial charge in [0.05, 0.1) is 24.4 Å². The zero-order chi connectivity index (χ0) is 13.7. The maximum Gasteiger partial charge on any atom is 0.0707 e. The fourth-order valence-electron chi connectivity index (χ4n) is 3.23. The number of hydrogen-bond donors (Lipinski definition) is 1. The Bertz CT molecular complexity index is 253. The smallest absolute Gasteiger partial charge is 0.0707 e. The van der Waals surface area contributed by atoms with Crippen LogP contribution >= 0.6 is 0 Å². The van der Waals surface area contributed by atoms with E-state index in [4.69, 9.17) is 9.47 Å². The van der Waals surface area contributed by atoms with Crippen LogP contribution in [-0.4, -0.2) is 62.0 Å². The maximum atomic E-state index is 6.14. The highest BCUT2D eigenvalue weighted by Crippen LogP contribution is 2.21. The minimum Gasteiger partial charge on any atom is -0.373 e. The summed E-state index contributed by atoms with van der Waals surface area (Å²) in [5.41, 5.74) is 0. The molecule has 2 aliphatic rings. The van der Waals surface area contributed by atoms with Crippen LogP contribution in [0, 0.1) is 0 Å². The highest BCUT2D eigenvalue weighted by atomic mass is 16.5. The molecule has 0 aromatic carbocycles. The van der Waals surface area contributed by atoms with E-state index < -0.39 is 0 Å². The van der Waals surface area contributed by atoms with E-state index in [9.17, 15) is 0 Å². The van der Waals surface area contributed by atoms with E-state index in [0.717, 1.165) is 32.7 Å². The van der Waals surface area contributed by atoms with Crippen molar-refractivity contribution in [2.45, 2.75) is 64.4 Å².